The fraction of sp³-hybridized carbons (Fsp3) is 0.130. The van der Waals surface area contributed by atoms with E-state index in [4.69, 9.17) is 4.74 Å². The summed E-state index contributed by atoms with van der Waals surface area (Å²) in [6, 6.07) is 16.7. The highest BCUT2D eigenvalue weighted by atomic mass is 16.6. The minimum atomic E-state index is -0.971. The van der Waals surface area contributed by atoms with E-state index < -0.39 is 27.8 Å². The lowest BCUT2D eigenvalue weighted by Crippen LogP contribution is -2.41. The number of nitro benzene ring substituents is 2. The smallest absolute Gasteiger partial charge is 0.269 e. The Labute approximate surface area is 193 Å². The lowest BCUT2D eigenvalue weighted by atomic mass is 10.1. The van der Waals surface area contributed by atoms with E-state index in [0.29, 0.717) is 17.9 Å². The van der Waals surface area contributed by atoms with Gasteiger partial charge in [-0.15, -0.1) is 0 Å². The molecule has 0 bridgehead atoms. The van der Waals surface area contributed by atoms with Crippen LogP contribution < -0.4 is 15.4 Å². The van der Waals surface area contributed by atoms with Gasteiger partial charge in [-0.2, -0.15) is 0 Å². The lowest BCUT2D eigenvalue weighted by molar-refractivity contribution is -0.385. The Morgan fingerprint density at radius 3 is 1.53 bits per heavy atom. The average Bonchev–Trinajstić information content (AvgIpc) is 2.84. The molecular formula is C23H20N4O7. The van der Waals surface area contributed by atoms with Crippen LogP contribution in [0, 0.1) is 20.2 Å². The van der Waals surface area contributed by atoms with Crippen molar-refractivity contribution in [2.75, 3.05) is 6.61 Å². The van der Waals surface area contributed by atoms with Crippen LogP contribution in [0.2, 0.25) is 0 Å². The largest absolute Gasteiger partial charge is 0.494 e. The summed E-state index contributed by atoms with van der Waals surface area (Å²) in [5.74, 6) is -0.538. The summed E-state index contributed by atoms with van der Waals surface area (Å²) in [6.07, 6.45) is -0.971. The van der Waals surface area contributed by atoms with Crippen LogP contribution >= 0.6 is 0 Å². The fourth-order valence-corrected chi connectivity index (χ4v) is 3.02. The van der Waals surface area contributed by atoms with E-state index in [1.807, 2.05) is 6.92 Å². The highest BCUT2D eigenvalue weighted by Crippen LogP contribution is 2.19. The molecule has 3 aromatic rings. The second kappa shape index (κ2) is 10.7. The number of hydrogen-bond donors (Lipinski definition) is 2. The summed E-state index contributed by atoms with van der Waals surface area (Å²) in [6.45, 7) is 2.31. The van der Waals surface area contributed by atoms with Crippen LogP contribution in [0.1, 0.15) is 39.4 Å². The number of hydrogen-bond acceptors (Lipinski definition) is 7. The average molecular weight is 464 g/mol. The summed E-state index contributed by atoms with van der Waals surface area (Å²) in [7, 11) is 0. The lowest BCUT2D eigenvalue weighted by Gasteiger charge is -2.21. The number of nitrogens with zero attached hydrogens (tertiary/aromatic N) is 2. The summed E-state index contributed by atoms with van der Waals surface area (Å²) in [4.78, 5) is 46.1. The second-order valence-corrected chi connectivity index (χ2v) is 6.99. The Kier molecular flexibility index (Phi) is 7.49. The first-order chi connectivity index (χ1) is 16.3. The third-order valence-corrected chi connectivity index (χ3v) is 4.76. The monoisotopic (exact) mass is 464 g/mol. The molecule has 0 aromatic heterocycles. The molecule has 0 spiro atoms. The molecule has 0 heterocycles. The van der Waals surface area contributed by atoms with Crippen LogP contribution in [0.3, 0.4) is 0 Å². The van der Waals surface area contributed by atoms with Gasteiger partial charge in [0, 0.05) is 35.4 Å². The molecule has 3 aromatic carbocycles. The van der Waals surface area contributed by atoms with Crippen molar-refractivity contribution in [1.29, 1.82) is 0 Å². The number of ether oxygens (including phenoxy) is 1. The quantitative estimate of drug-likeness (QED) is 0.278. The van der Waals surface area contributed by atoms with Crippen LogP contribution in [0.15, 0.2) is 72.8 Å². The van der Waals surface area contributed by atoms with E-state index in [9.17, 15) is 29.8 Å². The van der Waals surface area contributed by atoms with Crippen molar-refractivity contribution < 1.29 is 24.2 Å². The van der Waals surface area contributed by atoms with Crippen LogP contribution in [-0.4, -0.2) is 28.3 Å². The third kappa shape index (κ3) is 5.91. The maximum atomic E-state index is 12.8. The number of non-ortho nitro benzene ring substituents is 2. The van der Waals surface area contributed by atoms with Crippen LogP contribution in [0.25, 0.3) is 0 Å². The summed E-state index contributed by atoms with van der Waals surface area (Å²) < 4.78 is 5.42. The van der Waals surface area contributed by atoms with Crippen molar-refractivity contribution in [3.8, 4) is 5.75 Å². The van der Waals surface area contributed by atoms with Gasteiger partial charge in [0.1, 0.15) is 11.9 Å². The zero-order chi connectivity index (χ0) is 24.7. The second-order valence-electron chi connectivity index (χ2n) is 6.99. The minimum Gasteiger partial charge on any atom is -0.494 e. The molecule has 0 aliphatic rings. The standard InChI is InChI=1S/C23H20N4O7/c1-2-34-20-13-7-15(8-14-20)21(24-22(28)16-3-9-18(10-4-16)26(30)31)25-23(29)17-5-11-19(12-6-17)27(32)33/h3-14,21H,2H2,1H3,(H,24,28)(H,25,29). The Bertz CT molecular complexity index is 1120. The third-order valence-electron chi connectivity index (χ3n) is 4.76. The van der Waals surface area contributed by atoms with E-state index in [1.165, 1.54) is 48.5 Å². The molecule has 3 rings (SSSR count). The fourth-order valence-electron chi connectivity index (χ4n) is 3.02. The number of rotatable bonds is 9. The van der Waals surface area contributed by atoms with E-state index in [2.05, 4.69) is 10.6 Å². The number of amides is 2. The molecule has 34 heavy (non-hydrogen) atoms. The number of benzene rings is 3. The van der Waals surface area contributed by atoms with E-state index in [1.54, 1.807) is 24.3 Å². The van der Waals surface area contributed by atoms with Crippen molar-refractivity contribution in [2.45, 2.75) is 13.1 Å². The molecule has 0 aliphatic heterocycles. The molecule has 0 aliphatic carbocycles. The van der Waals surface area contributed by atoms with Crippen molar-refractivity contribution in [3.63, 3.8) is 0 Å². The first-order valence-electron chi connectivity index (χ1n) is 10.1. The zero-order valence-corrected chi connectivity index (χ0v) is 18.0. The summed E-state index contributed by atoms with van der Waals surface area (Å²) in [5, 5.41) is 27.1. The first kappa shape index (κ1) is 23.9. The van der Waals surface area contributed by atoms with Gasteiger partial charge in [0.15, 0.2) is 0 Å². The van der Waals surface area contributed by atoms with Crippen molar-refractivity contribution in [2.24, 2.45) is 0 Å². The molecule has 2 N–H and O–H groups in total. The molecule has 0 unspecified atom stereocenters. The summed E-state index contributed by atoms with van der Waals surface area (Å²) >= 11 is 0. The SMILES string of the molecule is CCOc1ccc(C(NC(=O)c2ccc([N+](=O)[O-])cc2)NC(=O)c2ccc([N+](=O)[O-])cc2)cc1. The van der Waals surface area contributed by atoms with Gasteiger partial charge >= 0.3 is 0 Å². The van der Waals surface area contributed by atoms with E-state index >= 15 is 0 Å². The Balaban J connectivity index is 1.83. The number of nitro groups is 2. The van der Waals surface area contributed by atoms with E-state index in [0.717, 1.165) is 0 Å². The maximum Gasteiger partial charge on any atom is 0.269 e. The van der Waals surface area contributed by atoms with Gasteiger partial charge in [-0.25, -0.2) is 0 Å². The number of carbonyl (C=O) groups is 2. The molecule has 2 amide bonds. The van der Waals surface area contributed by atoms with Crippen molar-refractivity contribution in [1.82, 2.24) is 10.6 Å². The van der Waals surface area contributed by atoms with Gasteiger partial charge < -0.3 is 15.4 Å². The van der Waals surface area contributed by atoms with Crippen LogP contribution in [0.4, 0.5) is 11.4 Å². The molecule has 11 nitrogen and oxygen atoms in total. The highest BCUT2D eigenvalue weighted by Gasteiger charge is 2.20. The molecule has 0 saturated heterocycles. The van der Waals surface area contributed by atoms with Crippen molar-refractivity contribution in [3.05, 3.63) is 110 Å². The van der Waals surface area contributed by atoms with Crippen LogP contribution in [-0.2, 0) is 0 Å². The number of carbonyl (C=O) groups excluding carboxylic acids is 2. The number of nitrogens with one attached hydrogen (secondary N) is 2. The van der Waals surface area contributed by atoms with Crippen molar-refractivity contribution >= 4 is 23.2 Å². The highest BCUT2D eigenvalue weighted by molar-refractivity contribution is 5.97. The molecule has 0 fully saturated rings. The minimum absolute atomic E-state index is 0.158. The van der Waals surface area contributed by atoms with Gasteiger partial charge in [-0.05, 0) is 48.9 Å². The predicted octanol–water partition coefficient (Wildman–Crippen LogP) is 3.76. The van der Waals surface area contributed by atoms with Gasteiger partial charge in [0.2, 0.25) is 0 Å². The Hall–Kier alpha value is -4.80. The van der Waals surface area contributed by atoms with Gasteiger partial charge in [-0.3, -0.25) is 29.8 Å². The predicted molar refractivity (Wildman–Crippen MR) is 121 cm³/mol. The van der Waals surface area contributed by atoms with Gasteiger partial charge in [-0.1, -0.05) is 12.1 Å². The normalized spacial score (nSPS) is 10.4. The summed E-state index contributed by atoms with van der Waals surface area (Å²) in [5.41, 5.74) is 0.531. The maximum absolute atomic E-state index is 12.8. The molecular weight excluding hydrogens is 444 g/mol. The molecule has 0 atom stereocenters. The van der Waals surface area contributed by atoms with Gasteiger partial charge in [0.25, 0.3) is 23.2 Å². The van der Waals surface area contributed by atoms with Gasteiger partial charge in [0.05, 0.1) is 16.5 Å². The zero-order valence-electron chi connectivity index (χ0n) is 18.0. The molecule has 0 radical (unpaired) electrons. The van der Waals surface area contributed by atoms with E-state index in [-0.39, 0.29) is 22.5 Å². The first-order valence-corrected chi connectivity index (χ1v) is 10.1. The molecule has 11 heteroatoms. The molecule has 174 valence electrons. The Morgan fingerprint density at radius 1 is 0.765 bits per heavy atom. The Morgan fingerprint density at radius 2 is 1.18 bits per heavy atom. The molecule has 0 saturated carbocycles. The van der Waals surface area contributed by atoms with Crippen LogP contribution in [0.5, 0.6) is 5.75 Å². The topological polar surface area (TPSA) is 154 Å².